The fraction of sp³-hybridized carbons (Fsp3) is 0.286. The van der Waals surface area contributed by atoms with E-state index in [4.69, 9.17) is 4.74 Å². The van der Waals surface area contributed by atoms with Crippen molar-refractivity contribution in [3.05, 3.63) is 76.9 Å². The fourth-order valence-electron chi connectivity index (χ4n) is 2.65. The van der Waals surface area contributed by atoms with Crippen LogP contribution in [0.15, 0.2) is 60.2 Å². The molecule has 0 bridgehead atoms. The van der Waals surface area contributed by atoms with Crippen LogP contribution in [0.3, 0.4) is 0 Å². The van der Waals surface area contributed by atoms with Crippen LogP contribution in [0.5, 0.6) is 0 Å². The van der Waals surface area contributed by atoms with E-state index in [9.17, 15) is 4.79 Å². The standard InChI is InChI=1S/C21H24O2/c1-4-5-11-19(21(22)23-3)20(17-9-7-6-8-10-17)18-14-12-16(2)13-15-18/h6-10,12-15H,4-5,11H2,1-3H3/b20-19+. The molecule has 0 amide bonds. The Hall–Kier alpha value is -2.35. The van der Waals surface area contributed by atoms with Crippen molar-refractivity contribution < 1.29 is 9.53 Å². The first-order valence-electron chi connectivity index (χ1n) is 8.11. The van der Waals surface area contributed by atoms with Crippen LogP contribution in [-0.4, -0.2) is 13.1 Å². The molecule has 0 fully saturated rings. The summed E-state index contributed by atoms with van der Waals surface area (Å²) in [7, 11) is 1.45. The molecule has 0 N–H and O–H groups in total. The van der Waals surface area contributed by atoms with Crippen LogP contribution < -0.4 is 0 Å². The maximum absolute atomic E-state index is 12.4. The Labute approximate surface area is 138 Å². The van der Waals surface area contributed by atoms with Crippen LogP contribution >= 0.6 is 0 Å². The summed E-state index contributed by atoms with van der Waals surface area (Å²) < 4.78 is 5.06. The van der Waals surface area contributed by atoms with Gasteiger partial charge in [-0.3, -0.25) is 0 Å². The maximum Gasteiger partial charge on any atom is 0.334 e. The third kappa shape index (κ3) is 4.32. The minimum Gasteiger partial charge on any atom is -0.466 e. The lowest BCUT2D eigenvalue weighted by Crippen LogP contribution is -2.09. The molecule has 0 saturated heterocycles. The molecule has 2 rings (SSSR count). The smallest absolute Gasteiger partial charge is 0.334 e. The van der Waals surface area contributed by atoms with E-state index in [1.54, 1.807) is 0 Å². The summed E-state index contributed by atoms with van der Waals surface area (Å²) in [5, 5.41) is 0. The molecule has 2 aromatic rings. The second-order valence-corrected chi connectivity index (χ2v) is 5.68. The van der Waals surface area contributed by atoms with Crippen LogP contribution in [0.4, 0.5) is 0 Å². The summed E-state index contributed by atoms with van der Waals surface area (Å²) in [5.74, 6) is -0.238. The number of esters is 1. The molecule has 120 valence electrons. The van der Waals surface area contributed by atoms with Crippen LogP contribution in [0.1, 0.15) is 42.9 Å². The molecule has 2 nitrogen and oxygen atoms in total. The summed E-state index contributed by atoms with van der Waals surface area (Å²) in [6.07, 6.45) is 2.73. The van der Waals surface area contributed by atoms with Gasteiger partial charge in [0.15, 0.2) is 0 Å². The van der Waals surface area contributed by atoms with Gasteiger partial charge in [-0.15, -0.1) is 0 Å². The van der Waals surface area contributed by atoms with Gasteiger partial charge >= 0.3 is 5.97 Å². The molecule has 0 saturated carbocycles. The molecule has 0 radical (unpaired) electrons. The van der Waals surface area contributed by atoms with Gasteiger partial charge in [0.25, 0.3) is 0 Å². The average Bonchev–Trinajstić information content (AvgIpc) is 2.60. The third-order valence-corrected chi connectivity index (χ3v) is 3.92. The summed E-state index contributed by atoms with van der Waals surface area (Å²) in [6, 6.07) is 18.4. The zero-order chi connectivity index (χ0) is 16.7. The van der Waals surface area contributed by atoms with E-state index >= 15 is 0 Å². The number of hydrogen-bond acceptors (Lipinski definition) is 2. The number of ether oxygens (including phenoxy) is 1. The van der Waals surface area contributed by atoms with Crippen LogP contribution in [0.25, 0.3) is 5.57 Å². The molecular formula is C21H24O2. The fourth-order valence-corrected chi connectivity index (χ4v) is 2.65. The maximum atomic E-state index is 12.4. The topological polar surface area (TPSA) is 26.3 Å². The van der Waals surface area contributed by atoms with Crippen molar-refractivity contribution in [1.82, 2.24) is 0 Å². The molecule has 2 aromatic carbocycles. The molecule has 0 heterocycles. The number of aryl methyl sites for hydroxylation is 1. The highest BCUT2D eigenvalue weighted by Gasteiger charge is 2.18. The minimum absolute atomic E-state index is 0.238. The number of rotatable bonds is 6. The first-order valence-corrected chi connectivity index (χ1v) is 8.11. The van der Waals surface area contributed by atoms with E-state index in [2.05, 4.69) is 38.1 Å². The molecule has 0 aliphatic rings. The molecule has 0 unspecified atom stereocenters. The normalized spacial score (nSPS) is 11.8. The van der Waals surface area contributed by atoms with Crippen LogP contribution in [-0.2, 0) is 9.53 Å². The van der Waals surface area contributed by atoms with Gasteiger partial charge in [-0.2, -0.15) is 0 Å². The van der Waals surface area contributed by atoms with E-state index in [0.29, 0.717) is 0 Å². The predicted molar refractivity (Wildman–Crippen MR) is 95.2 cm³/mol. The molecule has 2 heteroatoms. The number of hydrogen-bond donors (Lipinski definition) is 0. The Kier molecular flexibility index (Phi) is 6.16. The van der Waals surface area contributed by atoms with Gasteiger partial charge in [-0.05, 0) is 36.5 Å². The van der Waals surface area contributed by atoms with Gasteiger partial charge in [-0.25, -0.2) is 4.79 Å². The Morgan fingerprint density at radius 3 is 2.13 bits per heavy atom. The molecule has 0 aliphatic carbocycles. The number of unbranched alkanes of at least 4 members (excludes halogenated alkanes) is 1. The van der Waals surface area contributed by atoms with E-state index in [-0.39, 0.29) is 5.97 Å². The third-order valence-electron chi connectivity index (χ3n) is 3.92. The second kappa shape index (κ2) is 8.33. The highest BCUT2D eigenvalue weighted by atomic mass is 16.5. The molecule has 0 aromatic heterocycles. The molecule has 23 heavy (non-hydrogen) atoms. The minimum atomic E-state index is -0.238. The molecule has 0 aliphatic heterocycles. The predicted octanol–water partition coefficient (Wildman–Crippen LogP) is 5.16. The first-order chi connectivity index (χ1) is 11.2. The monoisotopic (exact) mass is 308 g/mol. The van der Waals surface area contributed by atoms with Gasteiger partial charge in [0.05, 0.1) is 7.11 Å². The SMILES string of the molecule is CCCC/C(C(=O)OC)=C(/c1ccccc1)c1ccc(C)cc1. The van der Waals surface area contributed by atoms with Crippen LogP contribution in [0.2, 0.25) is 0 Å². The first kappa shape index (κ1) is 17.0. The van der Waals surface area contributed by atoms with E-state index < -0.39 is 0 Å². The molecular weight excluding hydrogens is 284 g/mol. The van der Waals surface area contributed by atoms with Gasteiger partial charge in [0.1, 0.15) is 0 Å². The largest absolute Gasteiger partial charge is 0.466 e. The van der Waals surface area contributed by atoms with Crippen molar-refractivity contribution in [2.45, 2.75) is 33.1 Å². The average molecular weight is 308 g/mol. The Balaban J connectivity index is 2.64. The van der Waals surface area contributed by atoms with E-state index in [0.717, 1.165) is 41.5 Å². The summed E-state index contributed by atoms with van der Waals surface area (Å²) in [4.78, 5) is 12.4. The van der Waals surface area contributed by atoms with Gasteiger partial charge in [0.2, 0.25) is 0 Å². The Morgan fingerprint density at radius 1 is 0.957 bits per heavy atom. The molecule has 0 spiro atoms. The lowest BCUT2D eigenvalue weighted by molar-refractivity contribution is -0.136. The van der Waals surface area contributed by atoms with E-state index in [1.807, 2.05) is 30.3 Å². The number of carbonyl (C=O) groups is 1. The Bertz CT molecular complexity index is 667. The zero-order valence-electron chi connectivity index (χ0n) is 14.1. The van der Waals surface area contributed by atoms with Crippen molar-refractivity contribution in [1.29, 1.82) is 0 Å². The summed E-state index contributed by atoms with van der Waals surface area (Å²) >= 11 is 0. The Morgan fingerprint density at radius 2 is 1.57 bits per heavy atom. The number of benzene rings is 2. The van der Waals surface area contributed by atoms with Crippen molar-refractivity contribution in [3.63, 3.8) is 0 Å². The van der Waals surface area contributed by atoms with Crippen molar-refractivity contribution in [2.75, 3.05) is 7.11 Å². The second-order valence-electron chi connectivity index (χ2n) is 5.68. The lowest BCUT2D eigenvalue weighted by atomic mass is 9.90. The van der Waals surface area contributed by atoms with Crippen molar-refractivity contribution in [3.8, 4) is 0 Å². The summed E-state index contributed by atoms with van der Waals surface area (Å²) in [5.41, 5.74) is 5.04. The van der Waals surface area contributed by atoms with Gasteiger partial charge < -0.3 is 4.74 Å². The molecule has 0 atom stereocenters. The number of methoxy groups -OCH3 is 1. The summed E-state index contributed by atoms with van der Waals surface area (Å²) in [6.45, 7) is 4.19. The van der Waals surface area contributed by atoms with Crippen molar-refractivity contribution >= 4 is 11.5 Å². The van der Waals surface area contributed by atoms with Crippen molar-refractivity contribution in [2.24, 2.45) is 0 Å². The van der Waals surface area contributed by atoms with Gasteiger partial charge in [-0.1, -0.05) is 73.5 Å². The van der Waals surface area contributed by atoms with E-state index in [1.165, 1.54) is 12.7 Å². The van der Waals surface area contributed by atoms with Gasteiger partial charge in [0, 0.05) is 5.57 Å². The highest BCUT2D eigenvalue weighted by Crippen LogP contribution is 2.30. The highest BCUT2D eigenvalue weighted by molar-refractivity contribution is 6.01. The number of carbonyl (C=O) groups excluding carboxylic acids is 1. The zero-order valence-corrected chi connectivity index (χ0v) is 14.1. The quantitative estimate of drug-likeness (QED) is 0.544. The van der Waals surface area contributed by atoms with Crippen LogP contribution in [0, 0.1) is 6.92 Å². The lowest BCUT2D eigenvalue weighted by Gasteiger charge is -2.15.